The van der Waals surface area contributed by atoms with Crippen molar-refractivity contribution in [3.63, 3.8) is 0 Å². The first kappa shape index (κ1) is 20.4. The quantitative estimate of drug-likeness (QED) is 0.404. The van der Waals surface area contributed by atoms with Crippen molar-refractivity contribution in [3.8, 4) is 11.1 Å². The lowest BCUT2D eigenvalue weighted by Gasteiger charge is -2.10. The van der Waals surface area contributed by atoms with Crippen LogP contribution in [0.3, 0.4) is 0 Å². The zero-order valence-corrected chi connectivity index (χ0v) is 18.0. The van der Waals surface area contributed by atoms with Gasteiger partial charge in [0.1, 0.15) is 5.76 Å². The maximum absolute atomic E-state index is 12.5. The number of primary amides is 1. The standard InChI is InChI=1S/C26H25N3O2/c1-5-6-7-10-16(2)15-29-22-12-9-8-11-20(22)25-21(26(27)30)13-19(14-23(25)29)24-17(3)28-31-18(24)4/h5-14H,1,15H2,2-4H3,(H2,27,30)/b7-6-,16-10+. The number of nitrogens with zero attached hydrogens (tertiary/aromatic N) is 2. The minimum absolute atomic E-state index is 0.456. The van der Waals surface area contributed by atoms with Gasteiger partial charge in [-0.25, -0.2) is 0 Å². The van der Waals surface area contributed by atoms with E-state index in [1.165, 1.54) is 5.57 Å². The van der Waals surface area contributed by atoms with Gasteiger partial charge in [-0.3, -0.25) is 4.79 Å². The maximum atomic E-state index is 12.5. The predicted octanol–water partition coefficient (Wildman–Crippen LogP) is 5.85. The summed E-state index contributed by atoms with van der Waals surface area (Å²) in [6, 6.07) is 12.0. The topological polar surface area (TPSA) is 74.0 Å². The van der Waals surface area contributed by atoms with E-state index in [-0.39, 0.29) is 0 Å². The zero-order chi connectivity index (χ0) is 22.1. The average molecular weight is 412 g/mol. The average Bonchev–Trinajstić information content (AvgIpc) is 3.24. The fraction of sp³-hybridized carbons (Fsp3) is 0.154. The number of amides is 1. The lowest BCUT2D eigenvalue weighted by molar-refractivity contribution is 0.100. The van der Waals surface area contributed by atoms with Crippen LogP contribution < -0.4 is 5.73 Å². The van der Waals surface area contributed by atoms with Crippen molar-refractivity contribution in [2.75, 3.05) is 0 Å². The lowest BCUT2D eigenvalue weighted by Crippen LogP contribution is -2.12. The molecule has 5 nitrogen and oxygen atoms in total. The van der Waals surface area contributed by atoms with Gasteiger partial charge in [0.05, 0.1) is 11.2 Å². The molecular formula is C26H25N3O2. The van der Waals surface area contributed by atoms with E-state index in [1.54, 1.807) is 6.08 Å². The Hall–Kier alpha value is -3.86. The van der Waals surface area contributed by atoms with Crippen LogP contribution in [0.4, 0.5) is 0 Å². The van der Waals surface area contributed by atoms with E-state index in [2.05, 4.69) is 41.4 Å². The van der Waals surface area contributed by atoms with Crippen LogP contribution in [-0.4, -0.2) is 15.6 Å². The minimum Gasteiger partial charge on any atom is -0.366 e. The maximum Gasteiger partial charge on any atom is 0.249 e. The number of allylic oxidation sites excluding steroid dienone is 5. The van der Waals surface area contributed by atoms with Gasteiger partial charge in [0.25, 0.3) is 0 Å². The molecule has 0 bridgehead atoms. The number of hydrogen-bond acceptors (Lipinski definition) is 3. The molecule has 31 heavy (non-hydrogen) atoms. The second-order valence-corrected chi connectivity index (χ2v) is 7.72. The van der Waals surface area contributed by atoms with Crippen LogP contribution in [0.1, 0.15) is 28.7 Å². The Morgan fingerprint density at radius 3 is 2.65 bits per heavy atom. The summed E-state index contributed by atoms with van der Waals surface area (Å²) in [7, 11) is 0. The number of carbonyl (C=O) groups is 1. The first-order chi connectivity index (χ1) is 14.9. The van der Waals surface area contributed by atoms with Crippen LogP contribution in [-0.2, 0) is 6.54 Å². The number of para-hydroxylation sites is 1. The zero-order valence-electron chi connectivity index (χ0n) is 18.0. The van der Waals surface area contributed by atoms with Crippen molar-refractivity contribution >= 4 is 27.7 Å². The van der Waals surface area contributed by atoms with Crippen LogP contribution in [0.25, 0.3) is 32.9 Å². The summed E-state index contributed by atoms with van der Waals surface area (Å²) in [5, 5.41) is 5.95. The fourth-order valence-corrected chi connectivity index (χ4v) is 4.18. The molecule has 156 valence electrons. The molecule has 2 aromatic heterocycles. The van der Waals surface area contributed by atoms with E-state index in [4.69, 9.17) is 10.3 Å². The second-order valence-electron chi connectivity index (χ2n) is 7.72. The van der Waals surface area contributed by atoms with Gasteiger partial charge in [0.2, 0.25) is 5.91 Å². The van der Waals surface area contributed by atoms with Gasteiger partial charge < -0.3 is 14.8 Å². The first-order valence-electron chi connectivity index (χ1n) is 10.1. The summed E-state index contributed by atoms with van der Waals surface area (Å²) in [4.78, 5) is 12.5. The number of carbonyl (C=O) groups excluding carboxylic acids is 1. The molecule has 0 atom stereocenters. The molecular weight excluding hydrogens is 386 g/mol. The van der Waals surface area contributed by atoms with Crippen molar-refractivity contribution in [1.29, 1.82) is 0 Å². The van der Waals surface area contributed by atoms with Gasteiger partial charge in [-0.1, -0.05) is 59.8 Å². The highest BCUT2D eigenvalue weighted by Gasteiger charge is 2.21. The van der Waals surface area contributed by atoms with Gasteiger partial charge in [-0.2, -0.15) is 0 Å². The van der Waals surface area contributed by atoms with Gasteiger partial charge in [0.15, 0.2) is 0 Å². The molecule has 0 spiro atoms. The molecule has 0 aliphatic carbocycles. The van der Waals surface area contributed by atoms with Crippen LogP contribution >= 0.6 is 0 Å². The number of fused-ring (bicyclic) bond motifs is 3. The van der Waals surface area contributed by atoms with E-state index in [9.17, 15) is 4.79 Å². The molecule has 0 unspecified atom stereocenters. The molecule has 0 saturated heterocycles. The Balaban J connectivity index is 2.06. The molecule has 1 amide bonds. The molecule has 0 aliphatic rings. The number of nitrogens with two attached hydrogens (primary N) is 1. The summed E-state index contributed by atoms with van der Waals surface area (Å²) < 4.78 is 7.60. The monoisotopic (exact) mass is 411 g/mol. The van der Waals surface area contributed by atoms with Crippen molar-refractivity contribution < 1.29 is 9.32 Å². The summed E-state index contributed by atoms with van der Waals surface area (Å²) in [6.45, 7) is 10.2. The Kier molecular flexibility index (Phi) is 5.34. The number of aromatic nitrogens is 2. The third-order valence-electron chi connectivity index (χ3n) is 5.50. The Labute approximate surface area is 181 Å². The third-order valence-corrected chi connectivity index (χ3v) is 5.50. The molecule has 4 aromatic rings. The molecule has 0 radical (unpaired) electrons. The van der Waals surface area contributed by atoms with Gasteiger partial charge in [-0.15, -0.1) is 0 Å². The SMILES string of the molecule is C=C/C=C\C=C(/C)Cn1c2ccccc2c2c(C(N)=O)cc(-c3c(C)noc3C)cc21. The van der Waals surface area contributed by atoms with E-state index in [0.29, 0.717) is 17.9 Å². The van der Waals surface area contributed by atoms with E-state index in [0.717, 1.165) is 38.6 Å². The minimum atomic E-state index is -0.456. The van der Waals surface area contributed by atoms with E-state index in [1.807, 2.05) is 50.3 Å². The first-order valence-corrected chi connectivity index (χ1v) is 10.1. The van der Waals surface area contributed by atoms with Gasteiger partial charge in [-0.05, 0) is 44.5 Å². The molecule has 0 fully saturated rings. The number of aryl methyl sites for hydroxylation is 2. The summed E-state index contributed by atoms with van der Waals surface area (Å²) in [6.07, 6.45) is 7.69. The smallest absolute Gasteiger partial charge is 0.249 e. The van der Waals surface area contributed by atoms with Crippen molar-refractivity contribution in [1.82, 2.24) is 9.72 Å². The number of rotatable bonds is 6. The highest BCUT2D eigenvalue weighted by molar-refractivity contribution is 6.19. The van der Waals surface area contributed by atoms with Crippen LogP contribution in [0, 0.1) is 13.8 Å². The van der Waals surface area contributed by atoms with Gasteiger partial charge in [0, 0.05) is 34.0 Å². The highest BCUT2D eigenvalue weighted by Crippen LogP contribution is 2.37. The molecule has 2 aromatic carbocycles. The normalized spacial score (nSPS) is 12.3. The van der Waals surface area contributed by atoms with Crippen LogP contribution in [0.5, 0.6) is 0 Å². The van der Waals surface area contributed by atoms with Crippen LogP contribution in [0.15, 0.2) is 77.4 Å². The highest BCUT2D eigenvalue weighted by atomic mass is 16.5. The fourth-order valence-electron chi connectivity index (χ4n) is 4.18. The Morgan fingerprint density at radius 2 is 1.97 bits per heavy atom. The largest absolute Gasteiger partial charge is 0.366 e. The van der Waals surface area contributed by atoms with Crippen LogP contribution in [0.2, 0.25) is 0 Å². The lowest BCUT2D eigenvalue weighted by atomic mass is 9.97. The number of benzene rings is 2. The summed E-state index contributed by atoms with van der Waals surface area (Å²) in [5.74, 6) is 0.253. The second kappa shape index (κ2) is 8.11. The number of hydrogen-bond donors (Lipinski definition) is 1. The molecule has 0 saturated carbocycles. The summed E-state index contributed by atoms with van der Waals surface area (Å²) >= 11 is 0. The van der Waals surface area contributed by atoms with E-state index >= 15 is 0 Å². The Bertz CT molecular complexity index is 1360. The van der Waals surface area contributed by atoms with E-state index < -0.39 is 5.91 Å². The molecule has 2 heterocycles. The van der Waals surface area contributed by atoms with Crippen molar-refractivity contribution in [2.45, 2.75) is 27.3 Å². The summed E-state index contributed by atoms with van der Waals surface area (Å²) in [5.41, 5.74) is 12.1. The molecule has 5 heteroatoms. The molecule has 2 N–H and O–H groups in total. The predicted molar refractivity (Wildman–Crippen MR) is 126 cm³/mol. The molecule has 0 aliphatic heterocycles. The molecule has 4 rings (SSSR count). The van der Waals surface area contributed by atoms with Gasteiger partial charge >= 0.3 is 0 Å². The Morgan fingerprint density at radius 1 is 1.19 bits per heavy atom. The third kappa shape index (κ3) is 3.59. The van der Waals surface area contributed by atoms with Crippen molar-refractivity contribution in [3.05, 3.63) is 89.9 Å². The van der Waals surface area contributed by atoms with Crippen molar-refractivity contribution in [2.24, 2.45) is 5.73 Å².